The summed E-state index contributed by atoms with van der Waals surface area (Å²) >= 11 is 5.32. The first-order chi connectivity index (χ1) is 10.0. The van der Waals surface area contributed by atoms with Crippen LogP contribution in [0.25, 0.3) is 0 Å². The van der Waals surface area contributed by atoms with Gasteiger partial charge in [-0.2, -0.15) is 0 Å². The van der Waals surface area contributed by atoms with E-state index in [9.17, 15) is 4.79 Å². The van der Waals surface area contributed by atoms with Crippen molar-refractivity contribution in [2.45, 2.75) is 70.3 Å². The van der Waals surface area contributed by atoms with Gasteiger partial charge in [-0.3, -0.25) is 0 Å². The molecule has 0 aromatic heterocycles. The van der Waals surface area contributed by atoms with Gasteiger partial charge in [0.15, 0.2) is 0 Å². The summed E-state index contributed by atoms with van der Waals surface area (Å²) in [6.07, 6.45) is 9.96. The summed E-state index contributed by atoms with van der Waals surface area (Å²) in [6.45, 7) is 3.90. The van der Waals surface area contributed by atoms with E-state index in [0.717, 1.165) is 45.2 Å². The van der Waals surface area contributed by atoms with E-state index in [0.29, 0.717) is 10.9 Å². The second kappa shape index (κ2) is 7.43. The van der Waals surface area contributed by atoms with Gasteiger partial charge in [-0.05, 0) is 31.6 Å². The molecule has 0 radical (unpaired) electrons. The zero-order chi connectivity index (χ0) is 15.3. The van der Waals surface area contributed by atoms with Crippen molar-refractivity contribution >= 4 is 23.2 Å². The van der Waals surface area contributed by atoms with Gasteiger partial charge in [0, 0.05) is 13.1 Å². The Hall–Kier alpha value is -0.840. The van der Waals surface area contributed by atoms with Crippen LogP contribution in [0.2, 0.25) is 0 Å². The van der Waals surface area contributed by atoms with Gasteiger partial charge in [-0.15, -0.1) is 0 Å². The van der Waals surface area contributed by atoms with E-state index >= 15 is 0 Å². The highest BCUT2D eigenvalue weighted by Gasteiger charge is 2.36. The second-order valence-electron chi connectivity index (χ2n) is 6.84. The summed E-state index contributed by atoms with van der Waals surface area (Å²) < 4.78 is 0. The van der Waals surface area contributed by atoms with E-state index in [1.54, 1.807) is 0 Å². The fourth-order valence-electron chi connectivity index (χ4n) is 3.60. The van der Waals surface area contributed by atoms with Crippen LogP contribution in [-0.4, -0.2) is 34.5 Å². The summed E-state index contributed by atoms with van der Waals surface area (Å²) in [7, 11) is 0. The maximum Gasteiger partial charge on any atom is 0.318 e. The first-order valence-corrected chi connectivity index (χ1v) is 8.81. The number of likely N-dealkylation sites (tertiary alicyclic amines) is 1. The number of carbonyl (C=O) groups excluding carboxylic acids is 1. The number of carbonyl (C=O) groups is 1. The lowest BCUT2D eigenvalue weighted by Crippen LogP contribution is -2.60. The van der Waals surface area contributed by atoms with Crippen molar-refractivity contribution in [1.29, 1.82) is 0 Å². The Kier molecular flexibility index (Phi) is 5.85. The highest BCUT2D eigenvalue weighted by Crippen LogP contribution is 2.27. The minimum Gasteiger partial charge on any atom is -0.391 e. The minimum absolute atomic E-state index is 0.0231. The van der Waals surface area contributed by atoms with Gasteiger partial charge in [0.05, 0.1) is 10.5 Å². The van der Waals surface area contributed by atoms with Crippen LogP contribution in [0.3, 0.4) is 0 Å². The van der Waals surface area contributed by atoms with Gasteiger partial charge in [0.2, 0.25) is 0 Å². The van der Waals surface area contributed by atoms with E-state index in [1.807, 2.05) is 4.90 Å². The standard InChI is InChI=1S/C16H29N3OS/c1-13-8-7-11-19(12-13)15(20)18-16(14(17)21)9-5-3-2-4-6-10-16/h13H,2-12H2,1H3,(H2,17,21)(H,18,20). The molecule has 1 saturated heterocycles. The summed E-state index contributed by atoms with van der Waals surface area (Å²) in [6, 6.07) is 0.0231. The molecule has 1 saturated carbocycles. The molecule has 2 aliphatic rings. The Labute approximate surface area is 133 Å². The van der Waals surface area contributed by atoms with Crippen molar-refractivity contribution < 1.29 is 4.79 Å². The lowest BCUT2D eigenvalue weighted by atomic mass is 9.84. The summed E-state index contributed by atoms with van der Waals surface area (Å²) in [4.78, 5) is 15.0. The number of rotatable bonds is 2. The van der Waals surface area contributed by atoms with E-state index in [4.69, 9.17) is 18.0 Å². The molecule has 1 aliphatic carbocycles. The van der Waals surface area contributed by atoms with E-state index in [1.165, 1.54) is 25.7 Å². The van der Waals surface area contributed by atoms with Crippen LogP contribution in [0.1, 0.15) is 64.7 Å². The molecule has 21 heavy (non-hydrogen) atoms. The van der Waals surface area contributed by atoms with Crippen molar-refractivity contribution in [2.75, 3.05) is 13.1 Å². The monoisotopic (exact) mass is 311 g/mol. The summed E-state index contributed by atoms with van der Waals surface area (Å²) in [5.41, 5.74) is 5.56. The average Bonchev–Trinajstić information content (AvgIpc) is 2.41. The number of nitrogens with one attached hydrogen (secondary N) is 1. The van der Waals surface area contributed by atoms with Crippen molar-refractivity contribution in [1.82, 2.24) is 10.2 Å². The van der Waals surface area contributed by atoms with Crippen LogP contribution in [-0.2, 0) is 0 Å². The quantitative estimate of drug-likeness (QED) is 0.770. The molecule has 0 aromatic rings. The molecule has 1 aliphatic heterocycles. The molecule has 120 valence electrons. The van der Waals surface area contributed by atoms with Crippen LogP contribution >= 0.6 is 12.2 Å². The molecule has 2 fully saturated rings. The third-order valence-corrected chi connectivity index (χ3v) is 5.36. The fourth-order valence-corrected chi connectivity index (χ4v) is 3.85. The third kappa shape index (κ3) is 4.31. The second-order valence-corrected chi connectivity index (χ2v) is 7.28. The van der Waals surface area contributed by atoms with Crippen LogP contribution in [0.5, 0.6) is 0 Å². The normalized spacial score (nSPS) is 26.5. The maximum absolute atomic E-state index is 12.6. The lowest BCUT2D eigenvalue weighted by molar-refractivity contribution is 0.160. The Balaban J connectivity index is 2.03. The zero-order valence-corrected chi connectivity index (χ0v) is 14.0. The molecule has 0 bridgehead atoms. The number of hydrogen-bond donors (Lipinski definition) is 2. The zero-order valence-electron chi connectivity index (χ0n) is 13.2. The van der Waals surface area contributed by atoms with Crippen LogP contribution in [0, 0.1) is 5.92 Å². The molecule has 1 atom stereocenters. The van der Waals surface area contributed by atoms with Gasteiger partial charge in [-0.1, -0.05) is 51.2 Å². The first kappa shape index (κ1) is 16.5. The smallest absolute Gasteiger partial charge is 0.318 e. The number of nitrogens with zero attached hydrogens (tertiary/aromatic N) is 1. The number of urea groups is 1. The molecule has 2 amide bonds. The Bertz CT molecular complexity index is 378. The van der Waals surface area contributed by atoms with E-state index in [2.05, 4.69) is 12.2 Å². The van der Waals surface area contributed by atoms with Gasteiger partial charge in [0.25, 0.3) is 0 Å². The molecule has 3 N–H and O–H groups in total. The van der Waals surface area contributed by atoms with Crippen LogP contribution < -0.4 is 11.1 Å². The number of hydrogen-bond acceptors (Lipinski definition) is 2. The first-order valence-electron chi connectivity index (χ1n) is 8.40. The predicted molar refractivity (Wildman–Crippen MR) is 90.3 cm³/mol. The average molecular weight is 311 g/mol. The molecular formula is C16H29N3OS. The van der Waals surface area contributed by atoms with Gasteiger partial charge in [-0.25, -0.2) is 4.79 Å². The predicted octanol–water partition coefficient (Wildman–Crippen LogP) is 3.20. The minimum atomic E-state index is -0.465. The van der Waals surface area contributed by atoms with Crippen LogP contribution in [0.4, 0.5) is 4.79 Å². The molecule has 5 heteroatoms. The lowest BCUT2D eigenvalue weighted by Gasteiger charge is -2.39. The van der Waals surface area contributed by atoms with Crippen LogP contribution in [0.15, 0.2) is 0 Å². The van der Waals surface area contributed by atoms with E-state index < -0.39 is 5.54 Å². The highest BCUT2D eigenvalue weighted by molar-refractivity contribution is 7.80. The van der Waals surface area contributed by atoms with Gasteiger partial charge < -0.3 is 16.0 Å². The van der Waals surface area contributed by atoms with Crippen molar-refractivity contribution in [3.05, 3.63) is 0 Å². The fraction of sp³-hybridized carbons (Fsp3) is 0.875. The van der Waals surface area contributed by atoms with Crippen molar-refractivity contribution in [3.8, 4) is 0 Å². The summed E-state index contributed by atoms with van der Waals surface area (Å²) in [5, 5.41) is 3.21. The molecule has 1 unspecified atom stereocenters. The topological polar surface area (TPSA) is 58.4 Å². The molecule has 0 spiro atoms. The molecule has 2 rings (SSSR count). The molecule has 1 heterocycles. The maximum atomic E-state index is 12.6. The molecular weight excluding hydrogens is 282 g/mol. The van der Waals surface area contributed by atoms with Crippen molar-refractivity contribution in [3.63, 3.8) is 0 Å². The Morgan fingerprint density at radius 1 is 1.19 bits per heavy atom. The van der Waals surface area contributed by atoms with Gasteiger partial charge >= 0.3 is 6.03 Å². The van der Waals surface area contributed by atoms with Gasteiger partial charge in [0.1, 0.15) is 0 Å². The Morgan fingerprint density at radius 2 is 1.81 bits per heavy atom. The number of piperidine rings is 1. The highest BCUT2D eigenvalue weighted by atomic mass is 32.1. The largest absolute Gasteiger partial charge is 0.391 e. The van der Waals surface area contributed by atoms with Crippen molar-refractivity contribution in [2.24, 2.45) is 11.7 Å². The number of nitrogens with two attached hydrogens (primary N) is 1. The van der Waals surface area contributed by atoms with E-state index in [-0.39, 0.29) is 6.03 Å². The summed E-state index contributed by atoms with van der Waals surface area (Å²) in [5.74, 6) is 0.586. The Morgan fingerprint density at radius 3 is 2.38 bits per heavy atom. The number of thiocarbonyl (C=S) groups is 1. The third-order valence-electron chi connectivity index (χ3n) is 4.97. The number of amides is 2. The SMILES string of the molecule is CC1CCCN(C(=O)NC2(C(N)=S)CCCCCCC2)C1. The molecule has 4 nitrogen and oxygen atoms in total. The molecule has 0 aromatic carbocycles.